The maximum atomic E-state index is 10.5. The first-order valence-corrected chi connectivity index (χ1v) is 8.14. The summed E-state index contributed by atoms with van der Waals surface area (Å²) in [4.78, 5) is 24.5. The average Bonchev–Trinajstić information content (AvgIpc) is 3.06. The van der Waals surface area contributed by atoms with Gasteiger partial charge in [-0.25, -0.2) is 0 Å². The van der Waals surface area contributed by atoms with Crippen LogP contribution in [0.4, 0.5) is 0 Å². The van der Waals surface area contributed by atoms with E-state index < -0.39 is 0 Å². The number of hydrogen-bond donors (Lipinski definition) is 0. The first kappa shape index (κ1) is 20.8. The Morgan fingerprint density at radius 3 is 1.64 bits per heavy atom. The Morgan fingerprint density at radius 2 is 1.45 bits per heavy atom. The van der Waals surface area contributed by atoms with E-state index in [9.17, 15) is 9.59 Å². The lowest BCUT2D eigenvalue weighted by Gasteiger charge is -2.20. The van der Waals surface area contributed by atoms with Gasteiger partial charge in [-0.15, -0.1) is 0 Å². The van der Waals surface area contributed by atoms with Gasteiger partial charge < -0.3 is 4.90 Å². The van der Waals surface area contributed by atoms with Crippen molar-refractivity contribution in [2.45, 2.75) is 65.7 Å². The van der Waals surface area contributed by atoms with Crippen LogP contribution in [0, 0.1) is 0 Å². The Kier molecular flexibility index (Phi) is 10.8. The monoisotopic (exact) mass is 313 g/mol. The Labute approximate surface area is 138 Å². The summed E-state index contributed by atoms with van der Waals surface area (Å²) in [5, 5.41) is 0. The molecule has 0 radical (unpaired) electrons. The van der Waals surface area contributed by atoms with Gasteiger partial charge in [-0.3, -0.25) is 14.5 Å². The molecule has 0 aromatic carbocycles. The lowest BCUT2D eigenvalue weighted by Crippen LogP contribution is -2.24. The molecule has 0 atom stereocenters. The van der Waals surface area contributed by atoms with Crippen molar-refractivity contribution in [1.29, 1.82) is 0 Å². The van der Waals surface area contributed by atoms with Crippen LogP contribution in [0.2, 0.25) is 0 Å². The lowest BCUT2D eigenvalue weighted by molar-refractivity contribution is -0.136. The first-order chi connectivity index (χ1) is 10.0. The number of piperidine rings is 1. The molecule has 22 heavy (non-hydrogen) atoms. The van der Waals surface area contributed by atoms with Crippen LogP contribution in [-0.4, -0.2) is 48.8 Å². The highest BCUT2D eigenvalue weighted by molar-refractivity contribution is 6.01. The molecule has 2 aliphatic heterocycles. The molecule has 2 saturated heterocycles. The summed E-state index contributed by atoms with van der Waals surface area (Å²) in [7, 11) is 3.71. The number of carbonyl (C=O) groups is 2. The molecule has 0 spiro atoms. The Morgan fingerprint density at radius 1 is 0.909 bits per heavy atom. The second kappa shape index (κ2) is 11.4. The third kappa shape index (κ3) is 8.32. The fourth-order valence-corrected chi connectivity index (χ4v) is 2.57. The van der Waals surface area contributed by atoms with Crippen LogP contribution in [0.5, 0.6) is 0 Å². The minimum atomic E-state index is -0.0602. The molecule has 0 bridgehead atoms. The third-order valence-electron chi connectivity index (χ3n) is 4.15. The van der Waals surface area contributed by atoms with Gasteiger partial charge in [0.15, 0.2) is 0 Å². The molecule has 0 aromatic heterocycles. The van der Waals surface area contributed by atoms with E-state index in [1.165, 1.54) is 63.6 Å². The van der Waals surface area contributed by atoms with Crippen LogP contribution < -0.4 is 0 Å². The van der Waals surface area contributed by atoms with E-state index in [1.54, 1.807) is 5.57 Å². The summed E-state index contributed by atoms with van der Waals surface area (Å²) in [6, 6.07) is 0. The minimum Gasteiger partial charge on any atom is -0.306 e. The topological polar surface area (TPSA) is 40.6 Å². The summed E-state index contributed by atoms with van der Waals surface area (Å²) in [6.07, 6.45) is 11.5. The predicted molar refractivity (Wildman–Crippen MR) is 94.8 cm³/mol. The van der Waals surface area contributed by atoms with Gasteiger partial charge in [0.2, 0.25) is 11.8 Å². The quantitative estimate of drug-likeness (QED) is 0.503. The van der Waals surface area contributed by atoms with Gasteiger partial charge in [-0.2, -0.15) is 0 Å². The van der Waals surface area contributed by atoms with Crippen LogP contribution in [0.25, 0.3) is 0 Å². The van der Waals surface area contributed by atoms with Crippen molar-refractivity contribution >= 4 is 11.8 Å². The SMILES string of the molecule is C.CC1=CCCC1.CN1C(=O)CCC1=O.CN1CCCCC1.[2HH]. The number of amides is 2. The van der Waals surface area contributed by atoms with Crippen molar-refractivity contribution in [3.05, 3.63) is 11.6 Å². The molecular weight excluding hydrogens is 276 g/mol. The van der Waals surface area contributed by atoms with E-state index in [-0.39, 0.29) is 20.7 Å². The summed E-state index contributed by atoms with van der Waals surface area (Å²) >= 11 is 0. The van der Waals surface area contributed by atoms with Crippen LogP contribution >= 0.6 is 0 Å². The normalized spacial score (nSPS) is 21.2. The van der Waals surface area contributed by atoms with Crippen LogP contribution in [-0.2, 0) is 9.59 Å². The molecule has 3 aliphatic rings. The van der Waals surface area contributed by atoms with Crippen molar-refractivity contribution in [3.8, 4) is 0 Å². The fraction of sp³-hybridized carbons (Fsp3) is 0.778. The van der Waals surface area contributed by atoms with E-state index in [2.05, 4.69) is 24.9 Å². The smallest absolute Gasteiger partial charge is 0.229 e. The molecule has 0 saturated carbocycles. The van der Waals surface area contributed by atoms with Gasteiger partial charge in [0.05, 0.1) is 0 Å². The van der Waals surface area contributed by atoms with Crippen molar-refractivity contribution in [2.75, 3.05) is 27.2 Å². The fourth-order valence-electron chi connectivity index (χ4n) is 2.57. The molecule has 4 nitrogen and oxygen atoms in total. The summed E-state index contributed by atoms with van der Waals surface area (Å²) in [5.41, 5.74) is 1.58. The first-order valence-electron chi connectivity index (χ1n) is 8.14. The Bertz CT molecular complexity index is 361. The van der Waals surface area contributed by atoms with E-state index in [4.69, 9.17) is 0 Å². The van der Waals surface area contributed by atoms with E-state index >= 15 is 0 Å². The molecular formula is C18H36N2O2. The largest absolute Gasteiger partial charge is 0.306 e. The molecule has 2 amide bonds. The van der Waals surface area contributed by atoms with Gasteiger partial charge in [0.1, 0.15) is 0 Å². The second-order valence-corrected chi connectivity index (χ2v) is 6.15. The number of carbonyl (C=O) groups excluding carboxylic acids is 2. The predicted octanol–water partition coefficient (Wildman–Crippen LogP) is 3.87. The Balaban J connectivity index is 0. The number of rotatable bonds is 0. The zero-order chi connectivity index (χ0) is 15.7. The number of hydrogen-bond acceptors (Lipinski definition) is 3. The molecule has 2 heterocycles. The maximum Gasteiger partial charge on any atom is 0.229 e. The highest BCUT2D eigenvalue weighted by Crippen LogP contribution is 2.15. The van der Waals surface area contributed by atoms with Gasteiger partial charge >= 0.3 is 0 Å². The van der Waals surface area contributed by atoms with E-state index in [1.807, 2.05) is 0 Å². The molecule has 2 fully saturated rings. The molecule has 0 aromatic rings. The number of likely N-dealkylation sites (tertiary alicyclic amines) is 2. The number of allylic oxidation sites excluding steroid dienone is 2. The van der Waals surface area contributed by atoms with Crippen molar-refractivity contribution < 1.29 is 11.0 Å². The van der Waals surface area contributed by atoms with Gasteiger partial charge in [-0.1, -0.05) is 25.5 Å². The van der Waals surface area contributed by atoms with Gasteiger partial charge in [0, 0.05) is 21.3 Å². The highest BCUT2D eigenvalue weighted by atomic mass is 16.2. The number of imide groups is 1. The molecule has 4 heteroatoms. The summed E-state index contributed by atoms with van der Waals surface area (Å²) in [5.74, 6) is -0.120. The second-order valence-electron chi connectivity index (χ2n) is 6.15. The van der Waals surface area contributed by atoms with Gasteiger partial charge in [-0.05, 0) is 59.2 Å². The minimum absolute atomic E-state index is 0. The summed E-state index contributed by atoms with van der Waals surface area (Å²) < 4.78 is 0. The van der Waals surface area contributed by atoms with Crippen LogP contribution in [0.1, 0.15) is 67.1 Å². The molecule has 1 aliphatic carbocycles. The zero-order valence-corrected chi connectivity index (χ0v) is 13.9. The van der Waals surface area contributed by atoms with Crippen LogP contribution in [0.15, 0.2) is 11.6 Å². The standard InChI is InChI=1S/C6H13N.C6H10.C5H7NO2.CH4.H2/c1-7-5-3-2-4-6-7;1-6-4-2-3-5-6;1-6-4(7)2-3-5(6)8;;/h2-6H2,1H3;4H,2-3,5H2,1H3;2-3H2,1H3;1H4;1H/i;;;;1+1. The number of nitrogens with zero attached hydrogens (tertiary/aromatic N) is 2. The highest BCUT2D eigenvalue weighted by Gasteiger charge is 2.24. The van der Waals surface area contributed by atoms with Crippen molar-refractivity contribution in [2.24, 2.45) is 0 Å². The van der Waals surface area contributed by atoms with Crippen molar-refractivity contribution in [1.82, 2.24) is 9.80 Å². The Hall–Kier alpha value is -1.16. The van der Waals surface area contributed by atoms with Crippen LogP contribution in [0.3, 0.4) is 0 Å². The zero-order valence-electron chi connectivity index (χ0n) is 13.9. The maximum absolute atomic E-state index is 10.5. The lowest BCUT2D eigenvalue weighted by atomic mass is 10.1. The molecule has 130 valence electrons. The van der Waals surface area contributed by atoms with Gasteiger partial charge in [0.25, 0.3) is 0 Å². The molecule has 0 unspecified atom stereocenters. The third-order valence-corrected chi connectivity index (χ3v) is 4.15. The average molecular weight is 314 g/mol. The van der Waals surface area contributed by atoms with E-state index in [0.717, 1.165) is 0 Å². The summed E-state index contributed by atoms with van der Waals surface area (Å²) in [6.45, 7) is 4.84. The van der Waals surface area contributed by atoms with Crippen molar-refractivity contribution in [3.63, 3.8) is 0 Å². The molecule has 3 rings (SSSR count). The molecule has 0 N–H and O–H groups in total. The van der Waals surface area contributed by atoms with E-state index in [0.29, 0.717) is 12.8 Å².